The lowest BCUT2D eigenvalue weighted by molar-refractivity contribution is -0.115. The summed E-state index contributed by atoms with van der Waals surface area (Å²) in [6.07, 6.45) is 1.83. The Kier molecular flexibility index (Phi) is 4.07. The van der Waals surface area contributed by atoms with Gasteiger partial charge >= 0.3 is 5.63 Å². The molecule has 1 amide bonds. The maximum Gasteiger partial charge on any atom is 0.336 e. The molecule has 0 fully saturated rings. The zero-order valence-electron chi connectivity index (χ0n) is 15.4. The first kappa shape index (κ1) is 17.1. The third kappa shape index (κ3) is 3.24. The number of carbonyl (C=O) groups is 1. The smallest absolute Gasteiger partial charge is 0.336 e. The number of nitrogens with one attached hydrogen (secondary N) is 1. The van der Waals surface area contributed by atoms with E-state index < -0.39 is 5.63 Å². The van der Waals surface area contributed by atoms with Crippen molar-refractivity contribution >= 4 is 33.5 Å². The van der Waals surface area contributed by atoms with Crippen molar-refractivity contribution in [2.24, 2.45) is 0 Å². The summed E-state index contributed by atoms with van der Waals surface area (Å²) in [5.41, 5.74) is 5.41. The van der Waals surface area contributed by atoms with Gasteiger partial charge in [0, 0.05) is 34.2 Å². The van der Waals surface area contributed by atoms with Crippen LogP contribution in [-0.4, -0.2) is 5.91 Å². The van der Waals surface area contributed by atoms with Crippen LogP contribution in [0.3, 0.4) is 0 Å². The Hall–Kier alpha value is -3.34. The van der Waals surface area contributed by atoms with E-state index in [2.05, 4.69) is 5.32 Å². The quantitative estimate of drug-likeness (QED) is 0.539. The van der Waals surface area contributed by atoms with Gasteiger partial charge in [0.15, 0.2) is 0 Å². The molecular formula is C22H19NO4. The lowest BCUT2D eigenvalue weighted by Crippen LogP contribution is -2.14. The number of rotatable bonds is 3. The lowest BCUT2D eigenvalue weighted by atomic mass is 10.0. The van der Waals surface area contributed by atoms with Crippen molar-refractivity contribution in [2.45, 2.75) is 27.2 Å². The zero-order chi connectivity index (χ0) is 19.1. The summed E-state index contributed by atoms with van der Waals surface area (Å²) < 4.78 is 10.8. The number of aryl methyl sites for hydroxylation is 3. The maximum atomic E-state index is 12.5. The second-order valence-corrected chi connectivity index (χ2v) is 6.88. The van der Waals surface area contributed by atoms with Gasteiger partial charge in [-0.05, 0) is 61.7 Å². The summed E-state index contributed by atoms with van der Waals surface area (Å²) in [5, 5.41) is 4.66. The predicted molar refractivity (Wildman–Crippen MR) is 105 cm³/mol. The Morgan fingerprint density at radius 3 is 2.52 bits per heavy atom. The first-order valence-corrected chi connectivity index (χ1v) is 8.72. The van der Waals surface area contributed by atoms with Gasteiger partial charge in [-0.2, -0.15) is 0 Å². The van der Waals surface area contributed by atoms with Gasteiger partial charge in [-0.1, -0.05) is 0 Å². The molecule has 0 saturated carbocycles. The SMILES string of the molecule is Cc1cc2occ(CC(=O)Nc3ccc4c(C)cc(=O)oc4c3)c2cc1C. The molecule has 0 spiro atoms. The van der Waals surface area contributed by atoms with Gasteiger partial charge < -0.3 is 14.2 Å². The molecule has 2 heterocycles. The van der Waals surface area contributed by atoms with Gasteiger partial charge in [-0.25, -0.2) is 4.79 Å². The lowest BCUT2D eigenvalue weighted by Gasteiger charge is -2.07. The monoisotopic (exact) mass is 361 g/mol. The van der Waals surface area contributed by atoms with Crippen LogP contribution in [0, 0.1) is 20.8 Å². The molecule has 27 heavy (non-hydrogen) atoms. The highest BCUT2D eigenvalue weighted by Crippen LogP contribution is 2.26. The standard InChI is InChI=1S/C22H19NO4/c1-12-6-18-15(11-26-19(18)7-13(12)2)9-21(24)23-16-4-5-17-14(3)8-22(25)27-20(17)10-16/h4-8,10-11H,9H2,1-3H3,(H,23,24). The average molecular weight is 361 g/mol. The molecule has 0 aliphatic carbocycles. The minimum Gasteiger partial charge on any atom is -0.464 e. The van der Waals surface area contributed by atoms with Crippen LogP contribution in [-0.2, 0) is 11.2 Å². The van der Waals surface area contributed by atoms with Crippen LogP contribution in [0.1, 0.15) is 22.3 Å². The van der Waals surface area contributed by atoms with E-state index in [9.17, 15) is 9.59 Å². The zero-order valence-corrected chi connectivity index (χ0v) is 15.4. The van der Waals surface area contributed by atoms with Gasteiger partial charge in [-0.3, -0.25) is 4.79 Å². The molecule has 4 rings (SSSR count). The number of hydrogen-bond acceptors (Lipinski definition) is 4. The second-order valence-electron chi connectivity index (χ2n) is 6.88. The Morgan fingerprint density at radius 2 is 1.70 bits per heavy atom. The van der Waals surface area contributed by atoms with Crippen LogP contribution in [0.4, 0.5) is 5.69 Å². The predicted octanol–water partition coefficient (Wildman–Crippen LogP) is 4.65. The Labute approximate surface area is 155 Å². The fourth-order valence-electron chi connectivity index (χ4n) is 3.25. The third-order valence-electron chi connectivity index (χ3n) is 4.86. The van der Waals surface area contributed by atoms with Crippen LogP contribution in [0.5, 0.6) is 0 Å². The molecular weight excluding hydrogens is 342 g/mol. The normalized spacial score (nSPS) is 11.2. The van der Waals surface area contributed by atoms with Gasteiger partial charge in [0.25, 0.3) is 0 Å². The minimum atomic E-state index is -0.404. The molecule has 0 radical (unpaired) electrons. The molecule has 0 aliphatic heterocycles. The summed E-state index contributed by atoms with van der Waals surface area (Å²) in [6, 6.07) is 10.8. The summed E-state index contributed by atoms with van der Waals surface area (Å²) in [5.74, 6) is -0.162. The molecule has 5 heteroatoms. The van der Waals surface area contributed by atoms with Crippen LogP contribution < -0.4 is 10.9 Å². The van der Waals surface area contributed by atoms with E-state index in [1.54, 1.807) is 18.4 Å². The summed E-state index contributed by atoms with van der Waals surface area (Å²) in [6.45, 7) is 5.92. The van der Waals surface area contributed by atoms with E-state index in [0.717, 1.165) is 38.6 Å². The van der Waals surface area contributed by atoms with Gasteiger partial charge in [-0.15, -0.1) is 0 Å². The van der Waals surface area contributed by atoms with Crippen molar-refractivity contribution in [3.63, 3.8) is 0 Å². The Balaban J connectivity index is 1.59. The van der Waals surface area contributed by atoms with Gasteiger partial charge in [0.2, 0.25) is 5.91 Å². The first-order chi connectivity index (χ1) is 12.9. The van der Waals surface area contributed by atoms with E-state index in [1.807, 2.05) is 39.0 Å². The highest BCUT2D eigenvalue weighted by Gasteiger charge is 2.13. The maximum absolute atomic E-state index is 12.5. The molecule has 5 nitrogen and oxygen atoms in total. The fraction of sp³-hybridized carbons (Fsp3) is 0.182. The van der Waals surface area contributed by atoms with Crippen molar-refractivity contribution in [2.75, 3.05) is 5.32 Å². The third-order valence-corrected chi connectivity index (χ3v) is 4.86. The Morgan fingerprint density at radius 1 is 0.926 bits per heavy atom. The Bertz CT molecular complexity index is 1250. The van der Waals surface area contributed by atoms with Crippen molar-refractivity contribution in [3.8, 4) is 0 Å². The molecule has 1 N–H and O–H groups in total. The molecule has 0 bridgehead atoms. The molecule has 0 unspecified atom stereocenters. The van der Waals surface area contributed by atoms with Crippen molar-refractivity contribution in [1.82, 2.24) is 0 Å². The minimum absolute atomic E-state index is 0.162. The van der Waals surface area contributed by atoms with Crippen molar-refractivity contribution in [1.29, 1.82) is 0 Å². The van der Waals surface area contributed by atoms with E-state index in [4.69, 9.17) is 8.83 Å². The molecule has 136 valence electrons. The number of amides is 1. The van der Waals surface area contributed by atoms with E-state index in [0.29, 0.717) is 11.3 Å². The largest absolute Gasteiger partial charge is 0.464 e. The molecule has 0 saturated heterocycles. The van der Waals surface area contributed by atoms with Gasteiger partial charge in [0.05, 0.1) is 12.7 Å². The molecule has 0 aliphatic rings. The van der Waals surface area contributed by atoms with Gasteiger partial charge in [0.1, 0.15) is 11.2 Å². The average Bonchev–Trinajstić information content (AvgIpc) is 2.96. The summed E-state index contributed by atoms with van der Waals surface area (Å²) >= 11 is 0. The topological polar surface area (TPSA) is 72.5 Å². The number of furan rings is 1. The molecule has 2 aromatic heterocycles. The fourth-order valence-corrected chi connectivity index (χ4v) is 3.25. The highest BCUT2D eigenvalue weighted by atomic mass is 16.4. The van der Waals surface area contributed by atoms with Crippen LogP contribution in [0.2, 0.25) is 0 Å². The van der Waals surface area contributed by atoms with E-state index in [-0.39, 0.29) is 12.3 Å². The van der Waals surface area contributed by atoms with E-state index in [1.165, 1.54) is 6.07 Å². The molecule has 4 aromatic rings. The number of carbonyl (C=O) groups excluding carboxylic acids is 1. The van der Waals surface area contributed by atoms with E-state index >= 15 is 0 Å². The van der Waals surface area contributed by atoms with Crippen molar-refractivity contribution in [3.05, 3.63) is 75.3 Å². The van der Waals surface area contributed by atoms with Crippen LogP contribution in [0.25, 0.3) is 21.9 Å². The van der Waals surface area contributed by atoms with Crippen LogP contribution in [0.15, 0.2) is 56.3 Å². The molecule has 0 atom stereocenters. The number of anilines is 1. The van der Waals surface area contributed by atoms with Crippen molar-refractivity contribution < 1.29 is 13.6 Å². The number of fused-ring (bicyclic) bond motifs is 2. The first-order valence-electron chi connectivity index (χ1n) is 8.72. The summed E-state index contributed by atoms with van der Waals surface area (Å²) in [4.78, 5) is 24.1. The second kappa shape index (κ2) is 6.43. The number of hydrogen-bond donors (Lipinski definition) is 1. The van der Waals surface area contributed by atoms with Crippen LogP contribution >= 0.6 is 0 Å². The number of benzene rings is 2. The highest BCUT2D eigenvalue weighted by molar-refractivity contribution is 5.97. The molecule has 2 aromatic carbocycles. The summed E-state index contributed by atoms with van der Waals surface area (Å²) in [7, 11) is 0.